The summed E-state index contributed by atoms with van der Waals surface area (Å²) in [6, 6.07) is 9.82. The first kappa shape index (κ1) is 19.3. The molecule has 0 radical (unpaired) electrons. The highest BCUT2D eigenvalue weighted by molar-refractivity contribution is 5.94. The number of hydrogen-bond donors (Lipinski definition) is 1. The highest BCUT2D eigenvalue weighted by Gasteiger charge is 2.26. The fourth-order valence-electron chi connectivity index (χ4n) is 4.31. The number of piperidine rings is 1. The number of amides is 2. The molecule has 29 heavy (non-hydrogen) atoms. The van der Waals surface area contributed by atoms with E-state index in [9.17, 15) is 9.59 Å². The first-order valence-corrected chi connectivity index (χ1v) is 9.94. The Kier molecular flexibility index (Phi) is 5.45. The van der Waals surface area contributed by atoms with Crippen LogP contribution < -0.4 is 5.73 Å². The Balaban J connectivity index is 1.77. The van der Waals surface area contributed by atoms with Crippen LogP contribution in [0.15, 0.2) is 42.1 Å². The van der Waals surface area contributed by atoms with Gasteiger partial charge in [0.1, 0.15) is 6.61 Å². The Morgan fingerprint density at radius 2 is 1.86 bits per heavy atom. The van der Waals surface area contributed by atoms with E-state index in [0.717, 1.165) is 48.1 Å². The minimum Gasteiger partial charge on any atom is -0.375 e. The fraction of sp³-hybridized carbons (Fsp3) is 0.348. The normalized spacial score (nSPS) is 16.1. The predicted octanol–water partition coefficient (Wildman–Crippen LogP) is 2.35. The summed E-state index contributed by atoms with van der Waals surface area (Å²) >= 11 is 0. The summed E-state index contributed by atoms with van der Waals surface area (Å²) in [5, 5.41) is 0. The van der Waals surface area contributed by atoms with Crippen molar-refractivity contribution >= 4 is 17.4 Å². The smallest absolute Gasteiger partial charge is 0.248 e. The number of methoxy groups -OCH3 is 1. The zero-order chi connectivity index (χ0) is 20.4. The zero-order valence-electron chi connectivity index (χ0n) is 16.6. The summed E-state index contributed by atoms with van der Waals surface area (Å²) < 4.78 is 4.99. The molecule has 0 unspecified atom stereocenters. The van der Waals surface area contributed by atoms with Crippen molar-refractivity contribution in [3.63, 3.8) is 0 Å². The minimum atomic E-state index is -0.410. The number of nitrogens with zero attached hydrogens (tertiary/aromatic N) is 2. The van der Waals surface area contributed by atoms with E-state index < -0.39 is 5.91 Å². The van der Waals surface area contributed by atoms with Gasteiger partial charge >= 0.3 is 0 Å². The fourth-order valence-corrected chi connectivity index (χ4v) is 4.31. The van der Waals surface area contributed by atoms with Crippen molar-refractivity contribution < 1.29 is 14.3 Å². The van der Waals surface area contributed by atoms with Crippen LogP contribution in [0.4, 0.5) is 0 Å². The number of pyridine rings is 1. The largest absolute Gasteiger partial charge is 0.375 e. The molecule has 1 aliphatic carbocycles. The van der Waals surface area contributed by atoms with Crippen molar-refractivity contribution in [2.45, 2.75) is 25.7 Å². The maximum Gasteiger partial charge on any atom is 0.248 e. The second-order valence-electron chi connectivity index (χ2n) is 7.54. The third-order valence-corrected chi connectivity index (χ3v) is 5.79. The van der Waals surface area contributed by atoms with Gasteiger partial charge in [-0.3, -0.25) is 14.6 Å². The molecule has 6 heteroatoms. The van der Waals surface area contributed by atoms with Gasteiger partial charge in [0.2, 0.25) is 11.8 Å². The van der Waals surface area contributed by atoms with Crippen LogP contribution in [0.1, 0.15) is 45.6 Å². The van der Waals surface area contributed by atoms with Gasteiger partial charge in [0.15, 0.2) is 0 Å². The molecule has 150 valence electrons. The van der Waals surface area contributed by atoms with Crippen molar-refractivity contribution in [1.82, 2.24) is 9.88 Å². The summed E-state index contributed by atoms with van der Waals surface area (Å²) in [6.45, 7) is 1.48. The van der Waals surface area contributed by atoms with Gasteiger partial charge in [-0.15, -0.1) is 0 Å². The number of aromatic nitrogens is 1. The van der Waals surface area contributed by atoms with Crippen molar-refractivity contribution in [3.8, 4) is 0 Å². The summed E-state index contributed by atoms with van der Waals surface area (Å²) in [5.41, 5.74) is 13.0. The molecule has 1 fully saturated rings. The van der Waals surface area contributed by atoms with E-state index in [0.29, 0.717) is 18.7 Å². The monoisotopic (exact) mass is 391 g/mol. The molecule has 0 atom stereocenters. The summed E-state index contributed by atoms with van der Waals surface area (Å²) in [7, 11) is 1.54. The molecule has 1 aromatic heterocycles. The molecule has 1 aromatic carbocycles. The molecule has 0 bridgehead atoms. The van der Waals surface area contributed by atoms with E-state index in [1.807, 2.05) is 29.3 Å². The van der Waals surface area contributed by atoms with Gasteiger partial charge in [0, 0.05) is 37.5 Å². The lowest BCUT2D eigenvalue weighted by molar-refractivity contribution is -0.135. The number of ether oxygens (including phenoxy) is 1. The van der Waals surface area contributed by atoms with E-state index >= 15 is 0 Å². The van der Waals surface area contributed by atoms with Gasteiger partial charge < -0.3 is 15.4 Å². The Hall–Kier alpha value is -2.99. The predicted molar refractivity (Wildman–Crippen MR) is 110 cm³/mol. The average Bonchev–Trinajstić information content (AvgIpc) is 2.90. The quantitative estimate of drug-likeness (QED) is 0.870. The SMILES string of the molecule is COCC(=O)N1CCC(=C2c3ccc(C(N)=O)cc3CCc3cccnc32)CC1. The Bertz CT molecular complexity index is 987. The lowest BCUT2D eigenvalue weighted by Gasteiger charge is -2.30. The average molecular weight is 391 g/mol. The van der Waals surface area contributed by atoms with Crippen LogP contribution in [0.25, 0.3) is 5.57 Å². The number of fused-ring (bicyclic) bond motifs is 2. The molecular formula is C23H25N3O3. The van der Waals surface area contributed by atoms with Crippen molar-refractivity contribution in [3.05, 3.63) is 70.0 Å². The van der Waals surface area contributed by atoms with Crippen LogP contribution in [0, 0.1) is 0 Å². The molecule has 2 N–H and O–H groups in total. The maximum absolute atomic E-state index is 12.2. The van der Waals surface area contributed by atoms with Gasteiger partial charge in [-0.2, -0.15) is 0 Å². The summed E-state index contributed by atoms with van der Waals surface area (Å²) in [5.74, 6) is -0.380. The van der Waals surface area contributed by atoms with E-state index in [1.165, 1.54) is 11.1 Å². The molecule has 2 heterocycles. The van der Waals surface area contributed by atoms with Crippen LogP contribution >= 0.6 is 0 Å². The van der Waals surface area contributed by atoms with Gasteiger partial charge in [-0.25, -0.2) is 0 Å². The molecule has 6 nitrogen and oxygen atoms in total. The first-order valence-electron chi connectivity index (χ1n) is 9.94. The van der Waals surface area contributed by atoms with Crippen molar-refractivity contribution in [2.75, 3.05) is 26.8 Å². The van der Waals surface area contributed by atoms with Gasteiger partial charge in [-0.05, 0) is 60.6 Å². The molecule has 2 amide bonds. The van der Waals surface area contributed by atoms with Crippen LogP contribution in [-0.2, 0) is 22.4 Å². The number of likely N-dealkylation sites (tertiary alicyclic amines) is 1. The number of hydrogen-bond acceptors (Lipinski definition) is 4. The molecule has 4 rings (SSSR count). The molecule has 2 aromatic rings. The maximum atomic E-state index is 12.2. The number of primary amides is 1. The second-order valence-corrected chi connectivity index (χ2v) is 7.54. The Morgan fingerprint density at radius 1 is 1.10 bits per heavy atom. The molecular weight excluding hydrogens is 366 g/mol. The van der Waals surface area contributed by atoms with Crippen LogP contribution in [0.5, 0.6) is 0 Å². The molecule has 0 spiro atoms. The lowest BCUT2D eigenvalue weighted by atomic mass is 9.88. The first-order chi connectivity index (χ1) is 14.1. The molecule has 0 saturated carbocycles. The third-order valence-electron chi connectivity index (χ3n) is 5.79. The highest BCUT2D eigenvalue weighted by Crippen LogP contribution is 2.37. The van der Waals surface area contributed by atoms with Crippen LogP contribution in [-0.4, -0.2) is 48.5 Å². The topological polar surface area (TPSA) is 85.5 Å². The number of benzene rings is 1. The standard InChI is InChI=1S/C23H25N3O3/c1-29-14-20(27)26-11-8-15(9-12-26)21-19-7-6-18(23(24)28)13-17(19)5-4-16-3-2-10-25-22(16)21/h2-3,6-7,10,13H,4-5,8-9,11-12,14H2,1H3,(H2,24,28). The number of carbonyl (C=O) groups is 2. The third kappa shape index (κ3) is 3.80. The highest BCUT2D eigenvalue weighted by atomic mass is 16.5. The number of rotatable bonds is 3. The van der Waals surface area contributed by atoms with Crippen molar-refractivity contribution in [1.29, 1.82) is 0 Å². The van der Waals surface area contributed by atoms with E-state index in [-0.39, 0.29) is 12.5 Å². The lowest BCUT2D eigenvalue weighted by Crippen LogP contribution is -2.38. The summed E-state index contributed by atoms with van der Waals surface area (Å²) in [6.07, 6.45) is 5.15. The summed E-state index contributed by atoms with van der Waals surface area (Å²) in [4.78, 5) is 30.4. The minimum absolute atomic E-state index is 0.0300. The zero-order valence-corrected chi connectivity index (χ0v) is 16.6. The van der Waals surface area contributed by atoms with E-state index in [1.54, 1.807) is 13.2 Å². The van der Waals surface area contributed by atoms with Gasteiger partial charge in [0.05, 0.1) is 5.69 Å². The Morgan fingerprint density at radius 3 is 2.59 bits per heavy atom. The number of carbonyl (C=O) groups excluding carboxylic acids is 2. The van der Waals surface area contributed by atoms with Gasteiger partial charge in [-0.1, -0.05) is 17.7 Å². The van der Waals surface area contributed by atoms with Crippen LogP contribution in [0.2, 0.25) is 0 Å². The van der Waals surface area contributed by atoms with Gasteiger partial charge in [0.25, 0.3) is 0 Å². The Labute approximate surface area is 170 Å². The second kappa shape index (κ2) is 8.17. The van der Waals surface area contributed by atoms with E-state index in [2.05, 4.69) is 6.07 Å². The van der Waals surface area contributed by atoms with Crippen LogP contribution in [0.3, 0.4) is 0 Å². The number of nitrogens with two attached hydrogens (primary N) is 1. The molecule has 1 aliphatic heterocycles. The van der Waals surface area contributed by atoms with E-state index in [4.69, 9.17) is 15.5 Å². The molecule has 1 saturated heterocycles. The molecule has 2 aliphatic rings. The van der Waals surface area contributed by atoms with Crippen molar-refractivity contribution in [2.24, 2.45) is 5.73 Å². The number of aryl methyl sites for hydroxylation is 2.